The number of carbonyl (C=O) groups excluding carboxylic acids is 1. The zero-order valence-corrected chi connectivity index (χ0v) is 16.7. The molecule has 1 amide bonds. The van der Waals surface area contributed by atoms with E-state index in [2.05, 4.69) is 0 Å². The van der Waals surface area contributed by atoms with Crippen LogP contribution in [-0.4, -0.2) is 47.9 Å². The fraction of sp³-hybridized carbons (Fsp3) is 0.273. The Hall–Kier alpha value is -3.28. The molecule has 0 aliphatic heterocycles. The number of methoxy groups -OCH3 is 2. The molecule has 0 unspecified atom stereocenters. The van der Waals surface area contributed by atoms with Crippen molar-refractivity contribution >= 4 is 5.91 Å². The van der Waals surface area contributed by atoms with Gasteiger partial charge in [0.1, 0.15) is 17.2 Å². The number of benzene rings is 2. The van der Waals surface area contributed by atoms with Gasteiger partial charge in [0, 0.05) is 18.7 Å². The molecule has 0 saturated heterocycles. The Bertz CT molecular complexity index is 927. The molecule has 6 heteroatoms. The Labute approximate surface area is 165 Å². The molecule has 0 aliphatic rings. The first-order chi connectivity index (χ1) is 13.6. The number of amides is 1. The lowest BCUT2D eigenvalue weighted by Crippen LogP contribution is -2.32. The first kappa shape index (κ1) is 19.5. The van der Waals surface area contributed by atoms with Gasteiger partial charge in [-0.3, -0.25) is 4.79 Å². The maximum absolute atomic E-state index is 13.1. The van der Waals surface area contributed by atoms with Gasteiger partial charge in [0.25, 0.3) is 5.91 Å². The Morgan fingerprint density at radius 3 is 1.96 bits per heavy atom. The second kappa shape index (κ2) is 8.61. The quantitative estimate of drug-likeness (QED) is 0.622. The third kappa shape index (κ3) is 3.86. The molecule has 1 heterocycles. The Morgan fingerprint density at radius 2 is 1.46 bits per heavy atom. The van der Waals surface area contributed by atoms with E-state index in [4.69, 9.17) is 14.6 Å². The minimum Gasteiger partial charge on any atom is -0.497 e. The second-order valence-electron chi connectivity index (χ2n) is 6.23. The van der Waals surface area contributed by atoms with E-state index in [1.54, 1.807) is 23.8 Å². The Balaban J connectivity index is 2.08. The Kier molecular flexibility index (Phi) is 5.99. The lowest BCUT2D eigenvalue weighted by Gasteiger charge is -2.19. The van der Waals surface area contributed by atoms with Gasteiger partial charge in [-0.05, 0) is 68.4 Å². The monoisotopic (exact) mass is 379 g/mol. The van der Waals surface area contributed by atoms with Gasteiger partial charge in [0.15, 0.2) is 0 Å². The van der Waals surface area contributed by atoms with Crippen molar-refractivity contribution in [2.75, 3.05) is 27.3 Å². The van der Waals surface area contributed by atoms with Crippen LogP contribution in [0.1, 0.15) is 24.3 Å². The van der Waals surface area contributed by atoms with Crippen molar-refractivity contribution in [3.05, 3.63) is 60.3 Å². The molecule has 1 aromatic heterocycles. The summed E-state index contributed by atoms with van der Waals surface area (Å²) in [5.74, 6) is 1.48. The van der Waals surface area contributed by atoms with Gasteiger partial charge in [0.2, 0.25) is 0 Å². The molecule has 0 saturated carbocycles. The largest absolute Gasteiger partial charge is 0.497 e. The maximum atomic E-state index is 13.1. The minimum atomic E-state index is -0.0481. The van der Waals surface area contributed by atoms with Crippen LogP contribution in [0.4, 0.5) is 0 Å². The van der Waals surface area contributed by atoms with E-state index in [9.17, 15) is 4.79 Å². The van der Waals surface area contributed by atoms with Crippen LogP contribution in [0.3, 0.4) is 0 Å². The minimum absolute atomic E-state index is 0.0481. The first-order valence-electron chi connectivity index (χ1n) is 9.29. The van der Waals surface area contributed by atoms with E-state index in [1.807, 2.05) is 68.4 Å². The van der Waals surface area contributed by atoms with Crippen LogP contribution in [0.15, 0.2) is 54.6 Å². The summed E-state index contributed by atoms with van der Waals surface area (Å²) in [5, 5.41) is 4.72. The van der Waals surface area contributed by atoms with Crippen molar-refractivity contribution in [1.82, 2.24) is 14.7 Å². The molecular weight excluding hydrogens is 354 g/mol. The van der Waals surface area contributed by atoms with Gasteiger partial charge in [-0.1, -0.05) is 0 Å². The molecule has 0 aliphatic carbocycles. The summed E-state index contributed by atoms with van der Waals surface area (Å²) in [5.41, 5.74) is 2.98. The molecule has 0 N–H and O–H groups in total. The molecular formula is C22H25N3O3. The lowest BCUT2D eigenvalue weighted by atomic mass is 10.1. The van der Waals surface area contributed by atoms with E-state index in [0.717, 1.165) is 28.4 Å². The Morgan fingerprint density at radius 1 is 0.929 bits per heavy atom. The first-order valence-corrected chi connectivity index (χ1v) is 9.29. The summed E-state index contributed by atoms with van der Waals surface area (Å²) in [4.78, 5) is 14.9. The van der Waals surface area contributed by atoms with Crippen LogP contribution in [0.5, 0.6) is 11.5 Å². The predicted molar refractivity (Wildman–Crippen MR) is 109 cm³/mol. The number of hydrogen-bond acceptors (Lipinski definition) is 4. The molecule has 0 spiro atoms. The van der Waals surface area contributed by atoms with Crippen LogP contribution in [-0.2, 0) is 0 Å². The van der Waals surface area contributed by atoms with Crippen molar-refractivity contribution in [1.29, 1.82) is 0 Å². The van der Waals surface area contributed by atoms with Crippen LogP contribution < -0.4 is 9.47 Å². The predicted octanol–water partition coefficient (Wildman–Crippen LogP) is 4.04. The number of nitrogens with zero attached hydrogens (tertiary/aromatic N) is 3. The van der Waals surface area contributed by atoms with Crippen molar-refractivity contribution < 1.29 is 14.3 Å². The summed E-state index contributed by atoms with van der Waals surface area (Å²) in [6, 6.07) is 17.0. The highest BCUT2D eigenvalue weighted by Crippen LogP contribution is 2.25. The van der Waals surface area contributed by atoms with E-state index >= 15 is 0 Å². The molecule has 28 heavy (non-hydrogen) atoms. The number of hydrogen-bond donors (Lipinski definition) is 0. The SMILES string of the molecule is CCN(CC)C(=O)c1cc(-c2ccc(OC)cc2)nn1-c1ccc(OC)cc1. The molecule has 6 nitrogen and oxygen atoms in total. The number of ether oxygens (including phenoxy) is 2. The van der Waals surface area contributed by atoms with Crippen LogP contribution in [0.25, 0.3) is 16.9 Å². The third-order valence-electron chi connectivity index (χ3n) is 4.68. The second-order valence-corrected chi connectivity index (χ2v) is 6.23. The molecule has 0 bridgehead atoms. The molecule has 2 aromatic carbocycles. The summed E-state index contributed by atoms with van der Waals surface area (Å²) >= 11 is 0. The number of aromatic nitrogens is 2. The van der Waals surface area contributed by atoms with Crippen molar-refractivity contribution in [2.24, 2.45) is 0 Å². The van der Waals surface area contributed by atoms with Gasteiger partial charge in [-0.2, -0.15) is 5.10 Å². The number of rotatable bonds is 7. The molecule has 0 radical (unpaired) electrons. The lowest BCUT2D eigenvalue weighted by molar-refractivity contribution is 0.0764. The van der Waals surface area contributed by atoms with Gasteiger partial charge in [-0.25, -0.2) is 4.68 Å². The van der Waals surface area contributed by atoms with Crippen molar-refractivity contribution in [3.63, 3.8) is 0 Å². The third-order valence-corrected chi connectivity index (χ3v) is 4.68. The van der Waals surface area contributed by atoms with E-state index in [1.165, 1.54) is 0 Å². The van der Waals surface area contributed by atoms with Gasteiger partial charge in [-0.15, -0.1) is 0 Å². The fourth-order valence-electron chi connectivity index (χ4n) is 3.03. The summed E-state index contributed by atoms with van der Waals surface area (Å²) in [7, 11) is 3.26. The molecule has 0 atom stereocenters. The average Bonchev–Trinajstić information content (AvgIpc) is 3.20. The number of carbonyl (C=O) groups is 1. The smallest absolute Gasteiger partial charge is 0.272 e. The van der Waals surface area contributed by atoms with Crippen molar-refractivity contribution in [2.45, 2.75) is 13.8 Å². The fourth-order valence-corrected chi connectivity index (χ4v) is 3.03. The average molecular weight is 379 g/mol. The van der Waals surface area contributed by atoms with Crippen LogP contribution >= 0.6 is 0 Å². The highest BCUT2D eigenvalue weighted by atomic mass is 16.5. The summed E-state index contributed by atoms with van der Waals surface area (Å²) in [6.45, 7) is 5.22. The normalized spacial score (nSPS) is 10.6. The van der Waals surface area contributed by atoms with E-state index in [-0.39, 0.29) is 5.91 Å². The summed E-state index contributed by atoms with van der Waals surface area (Å²) in [6.07, 6.45) is 0. The zero-order valence-electron chi connectivity index (χ0n) is 16.7. The van der Waals surface area contributed by atoms with Crippen LogP contribution in [0.2, 0.25) is 0 Å². The zero-order chi connectivity index (χ0) is 20.1. The topological polar surface area (TPSA) is 56.6 Å². The van der Waals surface area contributed by atoms with E-state index in [0.29, 0.717) is 18.8 Å². The summed E-state index contributed by atoms with van der Waals surface area (Å²) < 4.78 is 12.2. The van der Waals surface area contributed by atoms with Gasteiger partial charge in [0.05, 0.1) is 25.6 Å². The standard InChI is InChI=1S/C22H25N3O3/c1-5-24(6-2)22(26)21-15-20(16-7-11-18(27-3)12-8-16)23-25(21)17-9-13-19(28-4)14-10-17/h7-15H,5-6H2,1-4H3. The molecule has 3 aromatic rings. The molecule has 3 rings (SSSR count). The highest BCUT2D eigenvalue weighted by molar-refractivity contribution is 5.94. The molecule has 146 valence electrons. The van der Waals surface area contributed by atoms with Crippen LogP contribution in [0, 0.1) is 0 Å². The maximum Gasteiger partial charge on any atom is 0.272 e. The van der Waals surface area contributed by atoms with Gasteiger partial charge < -0.3 is 14.4 Å². The molecule has 0 fully saturated rings. The van der Waals surface area contributed by atoms with Gasteiger partial charge >= 0.3 is 0 Å². The van der Waals surface area contributed by atoms with Crippen molar-refractivity contribution in [3.8, 4) is 28.4 Å². The highest BCUT2D eigenvalue weighted by Gasteiger charge is 2.21. The van der Waals surface area contributed by atoms with E-state index < -0.39 is 0 Å².